The van der Waals surface area contributed by atoms with Gasteiger partial charge >= 0.3 is 5.97 Å². The number of carboxylic acid groups (broad SMARTS) is 1. The van der Waals surface area contributed by atoms with Gasteiger partial charge in [0.05, 0.1) is 11.5 Å². The molecule has 7 nitrogen and oxygen atoms in total. The lowest BCUT2D eigenvalue weighted by molar-refractivity contribution is -0.384. The average Bonchev–Trinajstić information content (AvgIpc) is 2.94. The monoisotopic (exact) mass is 304 g/mol. The molecule has 0 amide bonds. The van der Waals surface area contributed by atoms with Gasteiger partial charge in [-0.05, 0) is 38.2 Å². The topological polar surface area (TPSA) is 96.8 Å². The summed E-state index contributed by atoms with van der Waals surface area (Å²) in [6.45, 7) is 1.96. The van der Waals surface area contributed by atoms with Crippen LogP contribution in [0.15, 0.2) is 40.8 Å². The van der Waals surface area contributed by atoms with Gasteiger partial charge in [-0.15, -0.1) is 0 Å². The van der Waals surface area contributed by atoms with Crippen molar-refractivity contribution in [3.63, 3.8) is 0 Å². The van der Waals surface area contributed by atoms with Crippen molar-refractivity contribution in [2.75, 3.05) is 7.05 Å². The molecular formula is C15H16N2O5. The molecule has 116 valence electrons. The lowest BCUT2D eigenvalue weighted by Crippen LogP contribution is -2.35. The van der Waals surface area contributed by atoms with E-state index in [2.05, 4.69) is 0 Å². The number of nitro groups is 1. The third-order valence-corrected chi connectivity index (χ3v) is 3.45. The largest absolute Gasteiger partial charge is 0.480 e. The fourth-order valence-electron chi connectivity index (χ4n) is 1.94. The molecule has 0 saturated carbocycles. The Bertz CT molecular complexity index is 677. The molecule has 1 heterocycles. The summed E-state index contributed by atoms with van der Waals surface area (Å²) in [4.78, 5) is 22.7. The van der Waals surface area contributed by atoms with Crippen LogP contribution in [0.2, 0.25) is 0 Å². The number of nitrogens with zero attached hydrogens (tertiary/aromatic N) is 2. The Morgan fingerprint density at radius 3 is 2.50 bits per heavy atom. The minimum Gasteiger partial charge on any atom is -0.480 e. The van der Waals surface area contributed by atoms with Gasteiger partial charge in [0.1, 0.15) is 17.6 Å². The summed E-state index contributed by atoms with van der Waals surface area (Å²) in [7, 11) is 1.70. The number of rotatable bonds is 6. The lowest BCUT2D eigenvalue weighted by Gasteiger charge is -2.19. The maximum absolute atomic E-state index is 10.9. The molecule has 7 heteroatoms. The molecule has 1 N–H and O–H groups in total. The van der Waals surface area contributed by atoms with Crippen LogP contribution in [0.3, 0.4) is 0 Å². The van der Waals surface area contributed by atoms with E-state index in [9.17, 15) is 14.9 Å². The van der Waals surface area contributed by atoms with E-state index in [0.717, 1.165) is 5.56 Å². The number of benzene rings is 1. The van der Waals surface area contributed by atoms with E-state index in [0.29, 0.717) is 18.1 Å². The number of furan rings is 1. The molecule has 0 bridgehead atoms. The highest BCUT2D eigenvalue weighted by Crippen LogP contribution is 2.25. The SMILES string of the molecule is CC(C(=O)O)N(C)Cc1ccc(-c2ccc([N+](=O)[O-])cc2)o1. The highest BCUT2D eigenvalue weighted by Gasteiger charge is 2.18. The molecule has 0 aliphatic rings. The fraction of sp³-hybridized carbons (Fsp3) is 0.267. The lowest BCUT2D eigenvalue weighted by atomic mass is 10.1. The summed E-state index contributed by atoms with van der Waals surface area (Å²) in [5, 5.41) is 19.6. The van der Waals surface area contributed by atoms with E-state index in [4.69, 9.17) is 9.52 Å². The maximum atomic E-state index is 10.9. The molecule has 0 fully saturated rings. The zero-order valence-corrected chi connectivity index (χ0v) is 12.2. The number of nitro benzene ring substituents is 1. The van der Waals surface area contributed by atoms with Crippen LogP contribution in [0.25, 0.3) is 11.3 Å². The summed E-state index contributed by atoms with van der Waals surface area (Å²) in [5.74, 6) is 0.315. The van der Waals surface area contributed by atoms with Crippen LogP contribution in [0.1, 0.15) is 12.7 Å². The first-order valence-corrected chi connectivity index (χ1v) is 6.65. The van der Waals surface area contributed by atoms with Crippen LogP contribution in [0, 0.1) is 10.1 Å². The predicted octanol–water partition coefficient (Wildman–Crippen LogP) is 2.76. The minimum atomic E-state index is -0.898. The number of hydrogen-bond donors (Lipinski definition) is 1. The molecule has 22 heavy (non-hydrogen) atoms. The van der Waals surface area contributed by atoms with Crippen molar-refractivity contribution in [2.45, 2.75) is 19.5 Å². The number of likely N-dealkylation sites (N-methyl/N-ethyl adjacent to an activating group) is 1. The molecule has 0 aliphatic carbocycles. The Hall–Kier alpha value is -2.67. The summed E-state index contributed by atoms with van der Waals surface area (Å²) in [6.07, 6.45) is 0. The van der Waals surface area contributed by atoms with Gasteiger partial charge in [-0.1, -0.05) is 0 Å². The number of hydrogen-bond acceptors (Lipinski definition) is 5. The van der Waals surface area contributed by atoms with Crippen molar-refractivity contribution in [1.29, 1.82) is 0 Å². The van der Waals surface area contributed by atoms with Crippen LogP contribution < -0.4 is 0 Å². The zero-order chi connectivity index (χ0) is 16.3. The van der Waals surface area contributed by atoms with Crippen LogP contribution >= 0.6 is 0 Å². The van der Waals surface area contributed by atoms with Crippen molar-refractivity contribution in [3.05, 3.63) is 52.3 Å². The summed E-state index contributed by atoms with van der Waals surface area (Å²) < 4.78 is 5.67. The van der Waals surface area contributed by atoms with Crippen LogP contribution in [-0.4, -0.2) is 34.0 Å². The van der Waals surface area contributed by atoms with Gasteiger partial charge in [0.25, 0.3) is 5.69 Å². The second-order valence-corrected chi connectivity index (χ2v) is 5.00. The molecule has 0 aliphatic heterocycles. The van der Waals surface area contributed by atoms with Crippen LogP contribution in [-0.2, 0) is 11.3 Å². The molecular weight excluding hydrogens is 288 g/mol. The normalized spacial score (nSPS) is 12.3. The van der Waals surface area contributed by atoms with Crippen molar-refractivity contribution >= 4 is 11.7 Å². The number of non-ortho nitro benzene ring substituents is 1. The van der Waals surface area contributed by atoms with Gasteiger partial charge < -0.3 is 9.52 Å². The van der Waals surface area contributed by atoms with Gasteiger partial charge in [0, 0.05) is 17.7 Å². The molecule has 0 saturated heterocycles. The summed E-state index contributed by atoms with van der Waals surface area (Å²) in [6, 6.07) is 8.96. The molecule has 1 unspecified atom stereocenters. The summed E-state index contributed by atoms with van der Waals surface area (Å²) >= 11 is 0. The first-order valence-electron chi connectivity index (χ1n) is 6.65. The maximum Gasteiger partial charge on any atom is 0.320 e. The first kappa shape index (κ1) is 15.7. The quantitative estimate of drug-likeness (QED) is 0.651. The summed E-state index contributed by atoms with van der Waals surface area (Å²) in [5.41, 5.74) is 0.747. The van der Waals surface area contributed by atoms with E-state index in [-0.39, 0.29) is 5.69 Å². The molecule has 1 atom stereocenters. The van der Waals surface area contributed by atoms with Crippen molar-refractivity contribution < 1.29 is 19.2 Å². The number of aliphatic carboxylic acids is 1. The highest BCUT2D eigenvalue weighted by molar-refractivity contribution is 5.72. The first-order chi connectivity index (χ1) is 10.4. The Morgan fingerprint density at radius 2 is 1.95 bits per heavy atom. The van der Waals surface area contributed by atoms with Gasteiger partial charge in [-0.25, -0.2) is 0 Å². The van der Waals surface area contributed by atoms with Crippen molar-refractivity contribution in [3.8, 4) is 11.3 Å². The minimum absolute atomic E-state index is 0.0190. The predicted molar refractivity (Wildman–Crippen MR) is 79.4 cm³/mol. The third kappa shape index (κ3) is 3.50. The Kier molecular flexibility index (Phi) is 4.57. The van der Waals surface area contributed by atoms with Gasteiger partial charge in [0.2, 0.25) is 0 Å². The van der Waals surface area contributed by atoms with E-state index in [1.54, 1.807) is 43.1 Å². The smallest absolute Gasteiger partial charge is 0.320 e. The van der Waals surface area contributed by atoms with E-state index in [1.807, 2.05) is 0 Å². The Morgan fingerprint density at radius 1 is 1.32 bits per heavy atom. The van der Waals surface area contributed by atoms with Gasteiger partial charge in [-0.2, -0.15) is 0 Å². The molecule has 1 aromatic carbocycles. The molecule has 0 radical (unpaired) electrons. The highest BCUT2D eigenvalue weighted by atomic mass is 16.6. The molecule has 1 aromatic heterocycles. The third-order valence-electron chi connectivity index (χ3n) is 3.45. The molecule has 0 spiro atoms. The number of carbonyl (C=O) groups is 1. The van der Waals surface area contributed by atoms with E-state index in [1.165, 1.54) is 12.1 Å². The van der Waals surface area contributed by atoms with Crippen LogP contribution in [0.5, 0.6) is 0 Å². The number of carboxylic acids is 1. The zero-order valence-electron chi connectivity index (χ0n) is 12.2. The van der Waals surface area contributed by atoms with Crippen molar-refractivity contribution in [1.82, 2.24) is 4.90 Å². The Balaban J connectivity index is 2.11. The second-order valence-electron chi connectivity index (χ2n) is 5.00. The second kappa shape index (κ2) is 6.40. The van der Waals surface area contributed by atoms with Gasteiger partial charge in [0.15, 0.2) is 0 Å². The molecule has 2 rings (SSSR count). The van der Waals surface area contributed by atoms with Crippen molar-refractivity contribution in [2.24, 2.45) is 0 Å². The fourth-order valence-corrected chi connectivity index (χ4v) is 1.94. The van der Waals surface area contributed by atoms with E-state index < -0.39 is 16.9 Å². The molecule has 2 aromatic rings. The average molecular weight is 304 g/mol. The van der Waals surface area contributed by atoms with Gasteiger partial charge in [-0.3, -0.25) is 19.8 Å². The Labute approximate surface area is 126 Å². The van der Waals surface area contributed by atoms with Crippen LogP contribution in [0.4, 0.5) is 5.69 Å². The standard InChI is InChI=1S/C15H16N2O5/c1-10(15(18)19)16(2)9-13-7-8-14(22-13)11-3-5-12(6-4-11)17(20)21/h3-8,10H,9H2,1-2H3,(H,18,19). The van der Waals surface area contributed by atoms with E-state index >= 15 is 0 Å².